The molecule has 1 fully saturated rings. The molecule has 3 N–H and O–H groups in total. The molecule has 0 aromatic carbocycles. The maximum atomic E-state index is 10.6. The van der Waals surface area contributed by atoms with Crippen molar-refractivity contribution in [2.24, 2.45) is 0 Å². The van der Waals surface area contributed by atoms with E-state index in [4.69, 9.17) is 34.7 Å². The molecule has 5 heterocycles. The molecule has 5 rings (SSSR count). The van der Waals surface area contributed by atoms with Gasteiger partial charge in [0.15, 0.2) is 0 Å². The van der Waals surface area contributed by atoms with E-state index in [0.29, 0.717) is 6.04 Å². The minimum atomic E-state index is -5.08. The zero-order chi connectivity index (χ0) is 38.0. The Morgan fingerprint density at radius 1 is 0.820 bits per heavy atom. The van der Waals surface area contributed by atoms with Gasteiger partial charge in [0.2, 0.25) is 0 Å². The summed E-state index contributed by atoms with van der Waals surface area (Å²) in [5.74, 6) is -8.27. The average Bonchev–Trinajstić information content (AvgIpc) is 3.63. The first-order chi connectivity index (χ1) is 23.0. The number of pyridine rings is 2. The smallest absolute Gasteiger partial charge is 0.475 e. The van der Waals surface area contributed by atoms with Gasteiger partial charge in [-0.2, -0.15) is 39.5 Å². The van der Waals surface area contributed by atoms with Crippen molar-refractivity contribution in [3.8, 4) is 11.3 Å². The van der Waals surface area contributed by atoms with Crippen LogP contribution in [0.15, 0.2) is 61.1 Å². The number of hydrogen-bond donors (Lipinski definition) is 3. The molecule has 0 bridgehead atoms. The zero-order valence-electron chi connectivity index (χ0n) is 25.8. The molecule has 0 aliphatic carbocycles. The number of carbonyl (C=O) groups is 3. The molecule has 50 heavy (non-hydrogen) atoms. The number of carboxylic acid groups (broad SMARTS) is 3. The fourth-order valence-corrected chi connectivity index (χ4v) is 5.06. The third-order valence-corrected chi connectivity index (χ3v) is 7.45. The predicted molar refractivity (Wildman–Crippen MR) is 159 cm³/mol. The molecule has 0 radical (unpaired) electrons. The van der Waals surface area contributed by atoms with Crippen LogP contribution in [0.3, 0.4) is 0 Å². The van der Waals surface area contributed by atoms with Gasteiger partial charge in [0.25, 0.3) is 0 Å². The number of aromatic nitrogens is 3. The van der Waals surface area contributed by atoms with Crippen molar-refractivity contribution in [2.45, 2.75) is 38.0 Å². The molecule has 1 aliphatic heterocycles. The van der Waals surface area contributed by atoms with E-state index in [1.165, 1.54) is 9.75 Å². The van der Waals surface area contributed by atoms with Crippen molar-refractivity contribution in [1.29, 1.82) is 0 Å². The summed E-state index contributed by atoms with van der Waals surface area (Å²) in [7, 11) is 2.21. The van der Waals surface area contributed by atoms with Crippen LogP contribution in [0, 0.1) is 6.92 Å². The summed E-state index contributed by atoms with van der Waals surface area (Å²) in [6.45, 7) is 6.36. The highest BCUT2D eigenvalue weighted by Crippen LogP contribution is 2.28. The monoisotopic (exact) mass is 745 g/mol. The lowest BCUT2D eigenvalue weighted by Gasteiger charge is -2.38. The maximum absolute atomic E-state index is 10.6. The number of aliphatic carboxylic acids is 3. The van der Waals surface area contributed by atoms with Crippen LogP contribution in [0.4, 0.5) is 39.5 Å². The molecule has 1 atom stereocenters. The second-order valence-corrected chi connectivity index (χ2v) is 11.6. The standard InChI is InChI=1S/C23H25N5S.3C2HF3O2/c1-17-6-7-19(29-17)14-27-13-12-26(2)22(16-27)20-15-28-21(4-3-5-23(28)25-20)18-8-10-24-11-9-18;3*3-2(4,5)1(6)7/h3-11,15,22H,12-14,16H2,1-2H3;3*(H,6,7). The van der Waals surface area contributed by atoms with Gasteiger partial charge in [-0.25, -0.2) is 19.4 Å². The third-order valence-electron chi connectivity index (χ3n) is 6.46. The number of nitrogens with zero attached hydrogens (tertiary/aromatic N) is 5. The van der Waals surface area contributed by atoms with Crippen molar-refractivity contribution >= 4 is 34.9 Å². The molecule has 11 nitrogen and oxygen atoms in total. The summed E-state index contributed by atoms with van der Waals surface area (Å²) >= 11 is 1.90. The normalized spacial score (nSPS) is 15.5. The Kier molecular flexibility index (Phi) is 14.3. The van der Waals surface area contributed by atoms with Crippen LogP contribution in [-0.2, 0) is 20.9 Å². The Morgan fingerprint density at radius 3 is 1.80 bits per heavy atom. The Morgan fingerprint density at radius 2 is 1.34 bits per heavy atom. The number of imidazole rings is 1. The van der Waals surface area contributed by atoms with Crippen molar-refractivity contribution in [3.05, 3.63) is 76.5 Å². The van der Waals surface area contributed by atoms with Gasteiger partial charge in [0.05, 0.1) is 17.4 Å². The molecule has 1 unspecified atom stereocenters. The first-order valence-corrected chi connectivity index (χ1v) is 14.6. The molecule has 21 heteroatoms. The molecule has 1 saturated heterocycles. The van der Waals surface area contributed by atoms with Crippen molar-refractivity contribution in [3.63, 3.8) is 0 Å². The minimum Gasteiger partial charge on any atom is -0.475 e. The second kappa shape index (κ2) is 17.3. The molecular formula is C29H28F9N5O6S. The van der Waals surface area contributed by atoms with E-state index >= 15 is 0 Å². The minimum absolute atomic E-state index is 0.301. The number of aryl methyl sites for hydroxylation is 1. The highest BCUT2D eigenvalue weighted by molar-refractivity contribution is 7.11. The molecule has 4 aromatic heterocycles. The summed E-state index contributed by atoms with van der Waals surface area (Å²) < 4.78 is 97.4. The van der Waals surface area contributed by atoms with Crippen molar-refractivity contribution < 1.29 is 69.2 Å². The number of alkyl halides is 9. The Hall–Kier alpha value is -4.76. The van der Waals surface area contributed by atoms with Gasteiger partial charge in [0, 0.05) is 60.1 Å². The van der Waals surface area contributed by atoms with E-state index in [9.17, 15) is 39.5 Å². The summed E-state index contributed by atoms with van der Waals surface area (Å²) in [6.07, 6.45) is -9.36. The average molecular weight is 746 g/mol. The van der Waals surface area contributed by atoms with Gasteiger partial charge in [0.1, 0.15) is 5.65 Å². The molecule has 0 amide bonds. The van der Waals surface area contributed by atoms with Gasteiger partial charge in [-0.1, -0.05) is 6.07 Å². The van der Waals surface area contributed by atoms with Crippen LogP contribution >= 0.6 is 11.3 Å². The third kappa shape index (κ3) is 12.9. The Balaban J connectivity index is 0.000000338. The van der Waals surface area contributed by atoms with E-state index in [1.54, 1.807) is 0 Å². The van der Waals surface area contributed by atoms with Gasteiger partial charge in [-0.05, 0) is 50.4 Å². The molecular weight excluding hydrogens is 717 g/mol. The number of hydrogen-bond acceptors (Lipinski definition) is 8. The fraction of sp³-hybridized carbons (Fsp3) is 0.345. The lowest BCUT2D eigenvalue weighted by Crippen LogP contribution is -2.46. The largest absolute Gasteiger partial charge is 0.490 e. The van der Waals surface area contributed by atoms with E-state index in [-0.39, 0.29) is 0 Å². The fourth-order valence-electron chi connectivity index (χ4n) is 4.13. The zero-order valence-corrected chi connectivity index (χ0v) is 26.6. The number of halogens is 9. The number of thiophene rings is 1. The van der Waals surface area contributed by atoms with Crippen LogP contribution in [-0.4, -0.2) is 103 Å². The molecule has 0 saturated carbocycles. The quantitative estimate of drug-likeness (QED) is 0.208. The van der Waals surface area contributed by atoms with Crippen molar-refractivity contribution in [2.75, 3.05) is 26.7 Å². The number of carboxylic acids is 3. The predicted octanol–water partition coefficient (Wildman–Crippen LogP) is 6.15. The van der Waals surface area contributed by atoms with E-state index < -0.39 is 36.4 Å². The highest BCUT2D eigenvalue weighted by Gasteiger charge is 2.39. The summed E-state index contributed by atoms with van der Waals surface area (Å²) in [5.41, 5.74) is 4.43. The Labute approximate surface area is 280 Å². The number of likely N-dealkylation sites (N-methyl/N-ethyl adjacent to an activating group) is 1. The van der Waals surface area contributed by atoms with Crippen molar-refractivity contribution in [1.82, 2.24) is 24.2 Å². The van der Waals surface area contributed by atoms with E-state index in [1.807, 2.05) is 35.9 Å². The Bertz CT molecular complexity index is 1670. The van der Waals surface area contributed by atoms with Crippen LogP contribution in [0.2, 0.25) is 0 Å². The van der Waals surface area contributed by atoms with Crippen LogP contribution in [0.1, 0.15) is 21.5 Å². The van der Waals surface area contributed by atoms with Crippen LogP contribution < -0.4 is 0 Å². The van der Waals surface area contributed by atoms with Crippen LogP contribution in [0.25, 0.3) is 16.9 Å². The van der Waals surface area contributed by atoms with Gasteiger partial charge in [-0.3, -0.25) is 19.2 Å². The SMILES string of the molecule is Cc1ccc(CN2CCN(C)C(c3cn4c(-c5ccncc5)cccc4n3)C2)s1.O=C(O)C(F)(F)F.O=C(O)C(F)(F)F.O=C(O)C(F)(F)F. The number of fused-ring (bicyclic) bond motifs is 1. The first-order valence-electron chi connectivity index (χ1n) is 13.8. The first kappa shape index (κ1) is 41.4. The molecule has 0 spiro atoms. The molecule has 4 aromatic rings. The van der Waals surface area contributed by atoms with Gasteiger partial charge in [-0.15, -0.1) is 11.3 Å². The number of rotatable bonds is 4. The van der Waals surface area contributed by atoms with Gasteiger partial charge < -0.3 is 15.3 Å². The summed E-state index contributed by atoms with van der Waals surface area (Å²) in [4.78, 5) is 43.7. The second-order valence-electron chi connectivity index (χ2n) is 10.2. The lowest BCUT2D eigenvalue weighted by molar-refractivity contribution is -0.193. The van der Waals surface area contributed by atoms with E-state index in [0.717, 1.165) is 48.8 Å². The van der Waals surface area contributed by atoms with Gasteiger partial charge >= 0.3 is 36.4 Å². The topological polar surface area (TPSA) is 149 Å². The summed E-state index contributed by atoms with van der Waals surface area (Å²) in [6, 6.07) is 15.2. The maximum Gasteiger partial charge on any atom is 0.490 e. The number of piperazine rings is 1. The molecule has 1 aliphatic rings. The van der Waals surface area contributed by atoms with Crippen LogP contribution in [0.5, 0.6) is 0 Å². The molecule has 274 valence electrons. The highest BCUT2D eigenvalue weighted by atomic mass is 32.1. The lowest BCUT2D eigenvalue weighted by atomic mass is 10.1. The van der Waals surface area contributed by atoms with E-state index in [2.05, 4.69) is 69.7 Å². The summed E-state index contributed by atoms with van der Waals surface area (Å²) in [5, 5.41) is 21.4.